The number of carbonyl (C=O) groups is 3. The number of rotatable bonds is 12. The van der Waals surface area contributed by atoms with Crippen LogP contribution in [0.5, 0.6) is 0 Å². The van der Waals surface area contributed by atoms with Gasteiger partial charge in [-0.15, -0.1) is 0 Å². The number of ether oxygens (including phenoxy) is 9. The average molecular weight is 885 g/mol. The number of hydrogen-bond donors (Lipinski definition) is 3. The predicted octanol–water partition coefficient (Wildman–Crippen LogP) is 2.90. The summed E-state index contributed by atoms with van der Waals surface area (Å²) >= 11 is 0. The summed E-state index contributed by atoms with van der Waals surface area (Å²) < 4.78 is 55.7. The van der Waals surface area contributed by atoms with Gasteiger partial charge in [0.15, 0.2) is 25.0 Å². The molecule has 0 saturated carbocycles. The molecule has 3 N–H and O–H groups in total. The molecule has 3 saturated heterocycles. The molecule has 19 unspecified atom stereocenters. The van der Waals surface area contributed by atoms with E-state index in [0.717, 1.165) is 12.7 Å². The number of aldehydes is 1. The van der Waals surface area contributed by atoms with Gasteiger partial charge in [-0.1, -0.05) is 31.2 Å². The number of cyclic esters (lactones) is 1. The number of aliphatic hydroxyl groups is 3. The number of nitrogens with zero attached hydrogens (tertiary/aromatic N) is 2. The maximum atomic E-state index is 13.1. The summed E-state index contributed by atoms with van der Waals surface area (Å²) in [6, 6.07) is -0.501. The zero-order valence-corrected chi connectivity index (χ0v) is 38.9. The normalized spacial score (nSPS) is 43.0. The highest BCUT2D eigenvalue weighted by molar-refractivity contribution is 5.70. The lowest BCUT2D eigenvalue weighted by atomic mass is 9.82. The van der Waals surface area contributed by atoms with Crippen molar-refractivity contribution in [2.75, 3.05) is 35.3 Å². The molecule has 17 nitrogen and oxygen atoms in total. The van der Waals surface area contributed by atoms with Crippen molar-refractivity contribution >= 4 is 18.2 Å². The number of likely N-dealkylation sites (N-methyl/N-ethyl adjacent to an activating group) is 2. The lowest BCUT2D eigenvalue weighted by Gasteiger charge is -2.50. The minimum Gasteiger partial charge on any atom is -0.462 e. The first-order chi connectivity index (χ1) is 29.2. The van der Waals surface area contributed by atoms with Crippen LogP contribution in [-0.2, 0) is 57.0 Å². The fraction of sp³-hybridized carbons (Fsp3) is 0.844. The van der Waals surface area contributed by atoms with E-state index in [1.54, 1.807) is 46.7 Å². The van der Waals surface area contributed by atoms with Gasteiger partial charge >= 0.3 is 11.9 Å². The van der Waals surface area contributed by atoms with Crippen LogP contribution in [0.15, 0.2) is 24.3 Å². The second-order valence-electron chi connectivity index (χ2n) is 18.4. The van der Waals surface area contributed by atoms with Crippen LogP contribution >= 0.6 is 0 Å². The Morgan fingerprint density at radius 3 is 2.19 bits per heavy atom. The van der Waals surface area contributed by atoms with Crippen molar-refractivity contribution in [1.82, 2.24) is 9.80 Å². The van der Waals surface area contributed by atoms with Crippen LogP contribution in [0.2, 0.25) is 0 Å². The van der Waals surface area contributed by atoms with Crippen LogP contribution in [-0.4, -0.2) is 182 Å². The van der Waals surface area contributed by atoms with Crippen LogP contribution in [0.3, 0.4) is 0 Å². The van der Waals surface area contributed by atoms with E-state index >= 15 is 0 Å². The van der Waals surface area contributed by atoms with Crippen molar-refractivity contribution in [3.63, 3.8) is 0 Å². The molecule has 0 aromatic rings. The molecule has 4 aliphatic rings. The van der Waals surface area contributed by atoms with Crippen molar-refractivity contribution < 1.29 is 72.3 Å². The van der Waals surface area contributed by atoms with Crippen LogP contribution in [0.1, 0.15) is 93.4 Å². The number of methoxy groups -OCH3 is 1. The molecule has 0 bridgehead atoms. The molecule has 356 valence electrons. The van der Waals surface area contributed by atoms with Gasteiger partial charge in [-0.25, -0.2) is 0 Å². The monoisotopic (exact) mass is 885 g/mol. The minimum absolute atomic E-state index is 0.0203. The van der Waals surface area contributed by atoms with Gasteiger partial charge in [-0.2, -0.15) is 0 Å². The molecule has 4 aliphatic heterocycles. The van der Waals surface area contributed by atoms with E-state index in [4.69, 9.17) is 42.6 Å². The van der Waals surface area contributed by atoms with E-state index in [0.29, 0.717) is 19.3 Å². The Labute approximate surface area is 368 Å². The van der Waals surface area contributed by atoms with Crippen LogP contribution in [0, 0.1) is 11.8 Å². The molecule has 0 aromatic carbocycles. The summed E-state index contributed by atoms with van der Waals surface area (Å²) in [4.78, 5) is 41.4. The number of hydrogen-bond acceptors (Lipinski definition) is 17. The van der Waals surface area contributed by atoms with Crippen molar-refractivity contribution in [1.29, 1.82) is 0 Å². The van der Waals surface area contributed by atoms with E-state index in [9.17, 15) is 29.7 Å². The maximum Gasteiger partial charge on any atom is 0.308 e. The summed E-state index contributed by atoms with van der Waals surface area (Å²) in [5.74, 6) is -2.05. The van der Waals surface area contributed by atoms with Gasteiger partial charge in [-0.3, -0.25) is 9.59 Å². The van der Waals surface area contributed by atoms with Crippen molar-refractivity contribution in [3.8, 4) is 0 Å². The first-order valence-corrected chi connectivity index (χ1v) is 22.2. The Morgan fingerprint density at radius 1 is 0.903 bits per heavy atom. The van der Waals surface area contributed by atoms with Gasteiger partial charge in [0, 0.05) is 39.3 Å². The lowest BCUT2D eigenvalue weighted by molar-refractivity contribution is -0.344. The van der Waals surface area contributed by atoms with Gasteiger partial charge in [0.05, 0.1) is 49.1 Å². The molecule has 17 heteroatoms. The molecule has 0 spiro atoms. The molecule has 4 rings (SSSR count). The van der Waals surface area contributed by atoms with Gasteiger partial charge < -0.3 is 72.5 Å². The predicted molar refractivity (Wildman–Crippen MR) is 226 cm³/mol. The van der Waals surface area contributed by atoms with Gasteiger partial charge in [-0.05, 0) is 93.9 Å². The number of aliphatic hydroxyl groups excluding tert-OH is 2. The Kier molecular flexibility index (Phi) is 20.0. The standard InChI is InChI=1S/C45H76N2O15/c1-25-22-31(20-21-48)41(62-44-39(52)38(47(10)11)40(28(4)58-44)61-37-24-45(7,53)43(29(5)57-37)59-30(6)49)42(54-12)33(50)23-35(51)55-26(2)16-14-13-15-17-34(25)60-36-19-18-32(46(8)9)27(3)56-36/h13-15,17,21,25-29,31-34,36-44,50,52-53H,16,18-20,22-24H2,1-12H3. The van der Waals surface area contributed by atoms with E-state index < -0.39 is 116 Å². The summed E-state index contributed by atoms with van der Waals surface area (Å²) in [7, 11) is 9.01. The van der Waals surface area contributed by atoms with E-state index in [-0.39, 0.29) is 30.9 Å². The first kappa shape index (κ1) is 52.2. The van der Waals surface area contributed by atoms with Crippen LogP contribution in [0.4, 0.5) is 0 Å². The molecule has 3 fully saturated rings. The minimum atomic E-state index is -1.48. The Hall–Kier alpha value is -2.39. The number of esters is 2. The number of allylic oxidation sites excluding steroid dienone is 2. The lowest BCUT2D eigenvalue weighted by Crippen LogP contribution is -2.66. The quantitative estimate of drug-likeness (QED) is 0.191. The van der Waals surface area contributed by atoms with E-state index in [1.807, 2.05) is 52.2 Å². The SMILES string of the molecule is COC1C(O)CC(=O)OC(C)CC=CC=CC(OC2CCC(N(C)C)C(C)O2)C(C)CC(CC=O)C1OC1OC(C)C(OC2CC(C)(O)C(OC(C)=O)C(C)O2)C(N(C)C)C1O. The fourth-order valence-corrected chi connectivity index (χ4v) is 9.49. The topological polar surface area (TPSA) is 201 Å². The largest absolute Gasteiger partial charge is 0.462 e. The molecule has 0 amide bonds. The third-order valence-corrected chi connectivity index (χ3v) is 12.6. The van der Waals surface area contributed by atoms with Gasteiger partial charge in [0.25, 0.3) is 0 Å². The van der Waals surface area contributed by atoms with Crippen LogP contribution < -0.4 is 0 Å². The van der Waals surface area contributed by atoms with Gasteiger partial charge in [0.1, 0.15) is 36.3 Å². The Morgan fingerprint density at radius 2 is 1.60 bits per heavy atom. The maximum absolute atomic E-state index is 13.1. The zero-order valence-electron chi connectivity index (χ0n) is 38.9. The third kappa shape index (κ3) is 14.1. The second kappa shape index (κ2) is 23.7. The molecule has 0 aromatic heterocycles. The average Bonchev–Trinajstić information content (AvgIpc) is 3.16. The molecule has 4 heterocycles. The zero-order chi connectivity index (χ0) is 46.1. The molecular weight excluding hydrogens is 808 g/mol. The smallest absolute Gasteiger partial charge is 0.308 e. The molecular formula is C45H76N2O15. The van der Waals surface area contributed by atoms with E-state index in [2.05, 4.69) is 4.90 Å². The highest BCUT2D eigenvalue weighted by Gasteiger charge is 2.52. The van der Waals surface area contributed by atoms with E-state index in [1.165, 1.54) is 14.0 Å². The van der Waals surface area contributed by atoms with Crippen molar-refractivity contribution in [2.45, 2.75) is 197 Å². The summed E-state index contributed by atoms with van der Waals surface area (Å²) in [6.45, 7) is 12.1. The molecule has 19 atom stereocenters. The molecule has 0 radical (unpaired) electrons. The highest BCUT2D eigenvalue weighted by atomic mass is 16.7. The number of carbonyl (C=O) groups excluding carboxylic acids is 3. The Balaban J connectivity index is 1.65. The van der Waals surface area contributed by atoms with Crippen molar-refractivity contribution in [3.05, 3.63) is 24.3 Å². The van der Waals surface area contributed by atoms with Gasteiger partial charge in [0.2, 0.25) is 0 Å². The summed E-state index contributed by atoms with van der Waals surface area (Å²) in [5.41, 5.74) is -1.48. The summed E-state index contributed by atoms with van der Waals surface area (Å²) in [5, 5.41) is 35.1. The third-order valence-electron chi connectivity index (χ3n) is 12.6. The highest BCUT2D eigenvalue weighted by Crippen LogP contribution is 2.38. The summed E-state index contributed by atoms with van der Waals surface area (Å²) in [6.07, 6.45) is -1.69. The second-order valence-corrected chi connectivity index (χ2v) is 18.4. The molecule has 62 heavy (non-hydrogen) atoms. The molecule has 0 aliphatic carbocycles. The van der Waals surface area contributed by atoms with Crippen molar-refractivity contribution in [2.24, 2.45) is 11.8 Å². The first-order valence-electron chi connectivity index (χ1n) is 22.2. The van der Waals surface area contributed by atoms with Crippen LogP contribution in [0.25, 0.3) is 0 Å². The Bertz CT molecular complexity index is 1480. The fourth-order valence-electron chi connectivity index (χ4n) is 9.49.